The summed E-state index contributed by atoms with van der Waals surface area (Å²) in [5.41, 5.74) is 2.04. The van der Waals surface area contributed by atoms with Crippen LogP contribution in [0.3, 0.4) is 0 Å². The Hall–Kier alpha value is -2.88. The van der Waals surface area contributed by atoms with Crippen LogP contribution in [0.4, 0.5) is 0 Å². The highest BCUT2D eigenvalue weighted by Gasteiger charge is 2.40. The molecule has 2 aliphatic rings. The molecule has 0 bridgehead atoms. The predicted octanol–water partition coefficient (Wildman–Crippen LogP) is 5.71. The van der Waals surface area contributed by atoms with Gasteiger partial charge in [-0.15, -0.1) is 0 Å². The largest absolute Gasteiger partial charge is 0.497 e. The van der Waals surface area contributed by atoms with Crippen LogP contribution in [-0.2, 0) is 38.6 Å². The molecular weight excluding hydrogens is 500 g/mol. The molecule has 5 rings (SSSR count). The van der Waals surface area contributed by atoms with Gasteiger partial charge in [-0.3, -0.25) is 0 Å². The van der Waals surface area contributed by atoms with Crippen molar-refractivity contribution >= 4 is 0 Å². The van der Waals surface area contributed by atoms with Crippen LogP contribution in [0, 0.1) is 0 Å². The second-order valence-electron chi connectivity index (χ2n) is 10.6. The van der Waals surface area contributed by atoms with Crippen molar-refractivity contribution < 1.29 is 37.9 Å². The number of benzene rings is 2. The lowest BCUT2D eigenvalue weighted by molar-refractivity contribution is -0.233. The third-order valence-corrected chi connectivity index (χ3v) is 7.07. The fourth-order valence-corrected chi connectivity index (χ4v) is 5.00. The third-order valence-electron chi connectivity index (χ3n) is 7.07. The van der Waals surface area contributed by atoms with Gasteiger partial charge in [-0.05, 0) is 43.5 Å². The van der Waals surface area contributed by atoms with Crippen molar-refractivity contribution in [3.05, 3.63) is 83.3 Å². The molecule has 3 aromatic rings. The van der Waals surface area contributed by atoms with Gasteiger partial charge >= 0.3 is 0 Å². The van der Waals surface area contributed by atoms with Gasteiger partial charge in [0.1, 0.15) is 30.0 Å². The van der Waals surface area contributed by atoms with Crippen LogP contribution in [0.5, 0.6) is 11.5 Å². The number of ether oxygens (including phenoxy) is 6. The van der Waals surface area contributed by atoms with E-state index in [9.17, 15) is 5.11 Å². The molecule has 2 aliphatic heterocycles. The molecule has 1 unspecified atom stereocenters. The summed E-state index contributed by atoms with van der Waals surface area (Å²) in [5, 5.41) is 11.3. The number of hydrogen-bond donors (Lipinski definition) is 1. The fraction of sp³-hybridized carbons (Fsp3) is 0.484. The molecule has 0 radical (unpaired) electrons. The zero-order chi connectivity index (χ0) is 27.3. The van der Waals surface area contributed by atoms with Crippen LogP contribution in [-0.4, -0.2) is 43.1 Å². The summed E-state index contributed by atoms with van der Waals surface area (Å²) in [6.07, 6.45) is 1.14. The summed E-state index contributed by atoms with van der Waals surface area (Å²) in [4.78, 5) is 0. The summed E-state index contributed by atoms with van der Waals surface area (Å²) in [5.74, 6) is 0.864. The first-order valence-corrected chi connectivity index (χ1v) is 13.5. The number of hydrogen-bond acceptors (Lipinski definition) is 8. The predicted molar refractivity (Wildman–Crippen MR) is 143 cm³/mol. The molecule has 39 heavy (non-hydrogen) atoms. The quantitative estimate of drug-likeness (QED) is 0.314. The molecule has 0 aliphatic carbocycles. The highest BCUT2D eigenvalue weighted by Crippen LogP contribution is 2.39. The van der Waals surface area contributed by atoms with Crippen LogP contribution in [0.1, 0.15) is 61.9 Å². The maximum atomic E-state index is 11.3. The average molecular weight is 539 g/mol. The van der Waals surface area contributed by atoms with E-state index in [1.54, 1.807) is 13.2 Å². The van der Waals surface area contributed by atoms with Gasteiger partial charge in [0, 0.05) is 25.3 Å². The van der Waals surface area contributed by atoms with Crippen LogP contribution in [0.25, 0.3) is 0 Å². The van der Waals surface area contributed by atoms with Crippen molar-refractivity contribution in [2.45, 2.75) is 76.5 Å². The minimum atomic E-state index is -0.941. The average Bonchev–Trinajstić information content (AvgIpc) is 3.66. The minimum Gasteiger partial charge on any atom is -0.497 e. The molecular formula is C31H38O8. The topological polar surface area (TPSA) is 88.8 Å². The molecule has 8 heteroatoms. The van der Waals surface area contributed by atoms with Crippen molar-refractivity contribution in [3.8, 4) is 11.5 Å². The second-order valence-corrected chi connectivity index (χ2v) is 10.6. The van der Waals surface area contributed by atoms with Crippen molar-refractivity contribution in [2.75, 3.05) is 20.3 Å². The van der Waals surface area contributed by atoms with Crippen molar-refractivity contribution in [3.63, 3.8) is 0 Å². The van der Waals surface area contributed by atoms with E-state index in [1.165, 1.54) is 0 Å². The number of rotatable bonds is 12. The molecule has 0 amide bonds. The summed E-state index contributed by atoms with van der Waals surface area (Å²) in [6.45, 7) is 5.57. The lowest BCUT2D eigenvalue weighted by Gasteiger charge is -2.30. The Labute approximate surface area is 229 Å². The van der Waals surface area contributed by atoms with E-state index < -0.39 is 17.7 Å². The van der Waals surface area contributed by atoms with Crippen LogP contribution < -0.4 is 9.47 Å². The normalized spacial score (nSPS) is 23.1. The zero-order valence-electron chi connectivity index (χ0n) is 22.9. The van der Waals surface area contributed by atoms with Gasteiger partial charge < -0.3 is 37.9 Å². The molecule has 0 saturated carbocycles. The number of methoxy groups -OCH3 is 1. The van der Waals surface area contributed by atoms with Gasteiger partial charge in [0.2, 0.25) is 0 Å². The number of aliphatic hydroxyl groups excluding tert-OH is 1. The SMILES string of the molecule is COc1ccc(CO[C@]2(CC(O)c3cc(OCc4ccccc4)c(C[C@H]4COC(C)(C)O4)o3)CCCO2)cc1. The fourth-order valence-electron chi connectivity index (χ4n) is 5.00. The lowest BCUT2D eigenvalue weighted by atomic mass is 10.0. The maximum absolute atomic E-state index is 11.3. The summed E-state index contributed by atoms with van der Waals surface area (Å²) < 4.78 is 41.7. The molecule has 2 saturated heterocycles. The minimum absolute atomic E-state index is 0.174. The first kappa shape index (κ1) is 27.7. The van der Waals surface area contributed by atoms with Crippen molar-refractivity contribution in [2.24, 2.45) is 0 Å². The van der Waals surface area contributed by atoms with Crippen molar-refractivity contribution in [1.82, 2.24) is 0 Å². The molecule has 1 N–H and O–H groups in total. The molecule has 0 spiro atoms. The molecule has 8 nitrogen and oxygen atoms in total. The van der Waals surface area contributed by atoms with Gasteiger partial charge in [0.05, 0.1) is 33.0 Å². The Balaban J connectivity index is 1.29. The molecule has 3 heterocycles. The summed E-state index contributed by atoms with van der Waals surface area (Å²) in [6, 6.07) is 19.4. The van der Waals surface area contributed by atoms with E-state index in [0.29, 0.717) is 56.5 Å². The molecule has 2 fully saturated rings. The Bertz CT molecular complexity index is 1180. The summed E-state index contributed by atoms with van der Waals surface area (Å²) in [7, 11) is 1.64. The molecule has 210 valence electrons. The first-order chi connectivity index (χ1) is 18.8. The number of aliphatic hydroxyl groups is 1. The van der Waals surface area contributed by atoms with E-state index >= 15 is 0 Å². The van der Waals surface area contributed by atoms with E-state index in [-0.39, 0.29) is 12.5 Å². The Morgan fingerprint density at radius 1 is 1.00 bits per heavy atom. The Kier molecular flexibility index (Phi) is 8.59. The smallest absolute Gasteiger partial charge is 0.171 e. The van der Waals surface area contributed by atoms with Gasteiger partial charge in [0.15, 0.2) is 17.3 Å². The molecule has 1 aromatic heterocycles. The van der Waals surface area contributed by atoms with Crippen LogP contribution in [0.2, 0.25) is 0 Å². The van der Waals surface area contributed by atoms with Gasteiger partial charge in [-0.1, -0.05) is 42.5 Å². The Morgan fingerprint density at radius 3 is 2.44 bits per heavy atom. The van der Waals surface area contributed by atoms with E-state index in [1.807, 2.05) is 68.4 Å². The van der Waals surface area contributed by atoms with E-state index in [0.717, 1.165) is 23.3 Å². The maximum Gasteiger partial charge on any atom is 0.171 e. The standard InChI is InChI=1S/C31H38O8/c1-30(2)36-21-25(39-30)16-29-28(34-19-22-8-5-4-6-9-22)17-27(38-29)26(32)18-31(14-7-15-35-31)37-20-23-10-12-24(33-3)13-11-23/h4-6,8-13,17,25-26,32H,7,14-16,18-21H2,1-3H3/t25-,26?,31-/m0/s1. The number of furan rings is 1. The van der Waals surface area contributed by atoms with Crippen LogP contribution in [0.15, 0.2) is 65.1 Å². The summed E-state index contributed by atoms with van der Waals surface area (Å²) >= 11 is 0. The van der Waals surface area contributed by atoms with Crippen molar-refractivity contribution in [1.29, 1.82) is 0 Å². The zero-order valence-corrected chi connectivity index (χ0v) is 22.9. The monoisotopic (exact) mass is 538 g/mol. The molecule has 2 aromatic carbocycles. The lowest BCUT2D eigenvalue weighted by Crippen LogP contribution is -2.33. The van der Waals surface area contributed by atoms with E-state index in [2.05, 4.69) is 0 Å². The van der Waals surface area contributed by atoms with E-state index in [4.69, 9.17) is 32.8 Å². The highest BCUT2D eigenvalue weighted by atomic mass is 16.7. The first-order valence-electron chi connectivity index (χ1n) is 13.5. The highest BCUT2D eigenvalue weighted by molar-refractivity contribution is 5.31. The Morgan fingerprint density at radius 2 is 1.77 bits per heavy atom. The second kappa shape index (κ2) is 12.1. The molecule has 3 atom stereocenters. The van der Waals surface area contributed by atoms with Gasteiger partial charge in [-0.25, -0.2) is 0 Å². The third kappa shape index (κ3) is 7.21. The van der Waals surface area contributed by atoms with Gasteiger partial charge in [0.25, 0.3) is 0 Å². The van der Waals surface area contributed by atoms with Crippen LogP contribution >= 0.6 is 0 Å². The van der Waals surface area contributed by atoms with Gasteiger partial charge in [-0.2, -0.15) is 0 Å².